The molecule has 8 nitrogen and oxygen atoms in total. The highest BCUT2D eigenvalue weighted by Crippen LogP contribution is 2.45. The fourth-order valence-electron chi connectivity index (χ4n) is 1.19. The van der Waals surface area contributed by atoms with Gasteiger partial charge >= 0.3 is 23.9 Å². The highest BCUT2D eigenvalue weighted by molar-refractivity contribution is 14.1. The molecule has 0 aliphatic heterocycles. The first kappa shape index (κ1) is 17.3. The van der Waals surface area contributed by atoms with Gasteiger partial charge < -0.3 is 20.4 Å². The Hall–Kier alpha value is -0.660. The lowest BCUT2D eigenvalue weighted by atomic mass is 9.86. The predicted octanol–water partition coefficient (Wildman–Crippen LogP) is 0.453. The van der Waals surface area contributed by atoms with E-state index in [1.807, 2.05) is 0 Å². The summed E-state index contributed by atoms with van der Waals surface area (Å²) in [4.78, 5) is 43.6. The van der Waals surface area contributed by atoms with E-state index in [1.165, 1.54) is 45.2 Å². The van der Waals surface area contributed by atoms with Crippen molar-refractivity contribution in [2.45, 2.75) is 19.7 Å². The molecule has 2 atom stereocenters. The van der Waals surface area contributed by atoms with Crippen LogP contribution in [0, 0.1) is 0 Å². The molecule has 0 aromatic heterocycles. The minimum Gasteiger partial charge on any atom is -0.481 e. The maximum atomic E-state index is 11.2. The van der Waals surface area contributed by atoms with E-state index in [0.29, 0.717) is 0 Å². The second-order valence-corrected chi connectivity index (χ2v) is 7.04. The normalized spacial score (nSPS) is 17.2. The van der Waals surface area contributed by atoms with E-state index >= 15 is 0 Å². The molecule has 0 aliphatic carbocycles. The van der Waals surface area contributed by atoms with Crippen LogP contribution in [0.2, 0.25) is 0 Å². The quantitative estimate of drug-likeness (QED) is 0.300. The summed E-state index contributed by atoms with van der Waals surface area (Å²) in [7, 11) is 0. The second kappa shape index (κ2) is 5.99. The van der Waals surface area contributed by atoms with Gasteiger partial charge in [0.1, 0.15) is 0 Å². The van der Waals surface area contributed by atoms with Gasteiger partial charge in [0.05, 0.1) is 12.8 Å². The van der Waals surface area contributed by atoms with Crippen molar-refractivity contribution < 1.29 is 39.6 Å². The number of hydrogen-bond acceptors (Lipinski definition) is 4. The fourth-order valence-corrected chi connectivity index (χ4v) is 2.68. The molecule has 0 fully saturated rings. The Labute approximate surface area is 128 Å². The first-order chi connectivity index (χ1) is 7.97. The lowest BCUT2D eigenvalue weighted by Crippen LogP contribution is -2.57. The van der Waals surface area contributed by atoms with Crippen molar-refractivity contribution in [2.75, 3.05) is 0 Å². The summed E-state index contributed by atoms with van der Waals surface area (Å²) in [5.41, 5.74) is 0. The van der Waals surface area contributed by atoms with E-state index in [9.17, 15) is 19.2 Å². The van der Waals surface area contributed by atoms with E-state index < -0.39 is 43.6 Å². The average Bonchev–Trinajstić information content (AvgIpc) is 2.14. The molecule has 102 valence electrons. The Balaban J connectivity index is 5.78. The third-order valence-corrected chi connectivity index (χ3v) is 6.65. The Kier molecular flexibility index (Phi) is 5.77. The minimum atomic E-state index is -2.28. The number of carboxylic acid groups (broad SMARTS) is 4. The Bertz CT molecular complexity index is 370. The van der Waals surface area contributed by atoms with E-state index in [0.717, 1.165) is 0 Å². The number of carboxylic acids is 4. The molecule has 4 N–H and O–H groups in total. The molecule has 0 radical (unpaired) electrons. The molecule has 0 saturated heterocycles. The van der Waals surface area contributed by atoms with Crippen LogP contribution < -0.4 is 0 Å². The first-order valence-electron chi connectivity index (χ1n) is 4.25. The SMILES string of the molecule is O=C(O)CC(I)(C(=O)O)C(I)(CC(=O)O)C(=O)O. The summed E-state index contributed by atoms with van der Waals surface area (Å²) in [6, 6.07) is 0. The summed E-state index contributed by atoms with van der Waals surface area (Å²) in [6.07, 6.45) is -2.02. The topological polar surface area (TPSA) is 149 Å². The highest BCUT2D eigenvalue weighted by atomic mass is 127. The monoisotopic (exact) mass is 486 g/mol. The zero-order valence-corrected chi connectivity index (χ0v) is 12.9. The van der Waals surface area contributed by atoms with Gasteiger partial charge in [-0.25, -0.2) is 0 Å². The fraction of sp³-hybridized carbons (Fsp3) is 0.500. The number of aliphatic carboxylic acids is 4. The average molecular weight is 486 g/mol. The molecular formula is C8H8I2O8. The van der Waals surface area contributed by atoms with Gasteiger partial charge in [-0.1, -0.05) is 45.2 Å². The van der Waals surface area contributed by atoms with Gasteiger partial charge in [0.2, 0.25) is 0 Å². The summed E-state index contributed by atoms with van der Waals surface area (Å²) >= 11 is 2.35. The Morgan fingerprint density at radius 2 is 0.944 bits per heavy atom. The van der Waals surface area contributed by atoms with Gasteiger partial charge in [-0.05, 0) is 0 Å². The van der Waals surface area contributed by atoms with Crippen molar-refractivity contribution in [1.82, 2.24) is 0 Å². The molecule has 2 unspecified atom stereocenters. The third kappa shape index (κ3) is 3.43. The number of alkyl halides is 2. The molecule has 0 aromatic rings. The van der Waals surface area contributed by atoms with Crippen LogP contribution in [0.3, 0.4) is 0 Å². The van der Waals surface area contributed by atoms with Crippen molar-refractivity contribution >= 4 is 69.1 Å². The van der Waals surface area contributed by atoms with Crippen LogP contribution in [-0.2, 0) is 19.2 Å². The molecule has 0 spiro atoms. The van der Waals surface area contributed by atoms with E-state index in [2.05, 4.69) is 0 Å². The molecule has 0 heterocycles. The van der Waals surface area contributed by atoms with Crippen LogP contribution in [0.4, 0.5) is 0 Å². The van der Waals surface area contributed by atoms with Crippen LogP contribution >= 0.6 is 45.2 Å². The largest absolute Gasteiger partial charge is 0.481 e. The lowest BCUT2D eigenvalue weighted by Gasteiger charge is -2.34. The molecule has 0 bridgehead atoms. The Morgan fingerprint density at radius 1 is 0.722 bits per heavy atom. The van der Waals surface area contributed by atoms with Crippen molar-refractivity contribution in [3.05, 3.63) is 0 Å². The maximum Gasteiger partial charge on any atom is 0.322 e. The highest BCUT2D eigenvalue weighted by Gasteiger charge is 2.61. The van der Waals surface area contributed by atoms with Crippen LogP contribution in [-0.4, -0.2) is 51.1 Å². The van der Waals surface area contributed by atoms with Crippen molar-refractivity contribution in [2.24, 2.45) is 0 Å². The van der Waals surface area contributed by atoms with Gasteiger partial charge in [0, 0.05) is 0 Å². The smallest absolute Gasteiger partial charge is 0.322 e. The number of hydrogen-bond donors (Lipinski definition) is 4. The second-order valence-electron chi connectivity index (χ2n) is 3.35. The van der Waals surface area contributed by atoms with E-state index in [4.69, 9.17) is 20.4 Å². The van der Waals surface area contributed by atoms with Gasteiger partial charge in [0.15, 0.2) is 6.84 Å². The molecule has 0 saturated carbocycles. The van der Waals surface area contributed by atoms with E-state index in [-0.39, 0.29) is 0 Å². The molecular weight excluding hydrogens is 478 g/mol. The predicted molar refractivity (Wildman–Crippen MR) is 73.3 cm³/mol. The zero-order chi connectivity index (χ0) is 14.7. The lowest BCUT2D eigenvalue weighted by molar-refractivity contribution is -0.153. The molecule has 18 heavy (non-hydrogen) atoms. The van der Waals surface area contributed by atoms with Gasteiger partial charge in [-0.2, -0.15) is 0 Å². The van der Waals surface area contributed by atoms with Gasteiger partial charge in [-0.15, -0.1) is 0 Å². The van der Waals surface area contributed by atoms with Crippen LogP contribution in [0.1, 0.15) is 12.8 Å². The summed E-state index contributed by atoms with van der Waals surface area (Å²) < 4.78 is -4.55. The minimum absolute atomic E-state index is 1.01. The zero-order valence-electron chi connectivity index (χ0n) is 8.59. The van der Waals surface area contributed by atoms with Crippen LogP contribution in [0.25, 0.3) is 0 Å². The maximum absolute atomic E-state index is 11.2. The number of halogens is 2. The Morgan fingerprint density at radius 3 is 1.06 bits per heavy atom. The van der Waals surface area contributed by atoms with Crippen molar-refractivity contribution in [1.29, 1.82) is 0 Å². The molecule has 0 aromatic carbocycles. The molecule has 0 aliphatic rings. The van der Waals surface area contributed by atoms with Crippen LogP contribution in [0.5, 0.6) is 0 Å². The molecule has 0 rings (SSSR count). The summed E-state index contributed by atoms with van der Waals surface area (Å²) in [5, 5.41) is 35.4. The first-order valence-corrected chi connectivity index (χ1v) is 6.41. The van der Waals surface area contributed by atoms with Crippen LogP contribution in [0.15, 0.2) is 0 Å². The van der Waals surface area contributed by atoms with Crippen molar-refractivity contribution in [3.63, 3.8) is 0 Å². The van der Waals surface area contributed by atoms with Gasteiger partial charge in [-0.3, -0.25) is 19.2 Å². The summed E-state index contributed by atoms with van der Waals surface area (Å²) in [6.45, 7) is 0. The van der Waals surface area contributed by atoms with E-state index in [1.54, 1.807) is 0 Å². The molecule has 10 heteroatoms. The number of rotatable bonds is 7. The standard InChI is InChI=1S/C8H8I2O8/c9-7(5(15)16,1-3(11)12)8(10,6(17)18)2-4(13)14/h1-2H2,(H,11,12)(H,13,14)(H,15,16)(H,17,18). The molecule has 0 amide bonds. The van der Waals surface area contributed by atoms with Gasteiger partial charge in [0.25, 0.3) is 0 Å². The number of carbonyl (C=O) groups is 4. The van der Waals surface area contributed by atoms with Crippen molar-refractivity contribution in [3.8, 4) is 0 Å². The third-order valence-electron chi connectivity index (χ3n) is 2.10. The summed E-state index contributed by atoms with van der Waals surface area (Å²) in [5.74, 6) is -6.44.